The Balaban J connectivity index is 5.56. The van der Waals surface area contributed by atoms with E-state index in [-0.39, 0.29) is 38.2 Å². The van der Waals surface area contributed by atoms with Gasteiger partial charge in [0, 0.05) is 13.0 Å². The summed E-state index contributed by atoms with van der Waals surface area (Å²) in [6.45, 7) is 3.35. The van der Waals surface area contributed by atoms with E-state index in [1.807, 2.05) is 0 Å². The molecule has 16 nitrogen and oxygen atoms in total. The van der Waals surface area contributed by atoms with Crippen molar-refractivity contribution in [2.24, 2.45) is 33.8 Å². The van der Waals surface area contributed by atoms with E-state index in [0.29, 0.717) is 0 Å². The Labute approximate surface area is 207 Å². The number of carbonyl (C=O) groups excluding carboxylic acids is 4. The fraction of sp³-hybridized carbons (Fsp3) is 0.650. The highest BCUT2D eigenvalue weighted by Crippen LogP contribution is 2.07. The summed E-state index contributed by atoms with van der Waals surface area (Å²) in [6, 6.07) is -5.29. The Morgan fingerprint density at radius 3 is 1.89 bits per heavy atom. The van der Waals surface area contributed by atoms with Gasteiger partial charge in [-0.15, -0.1) is 0 Å². The Hall–Kier alpha value is -3.95. The minimum absolute atomic E-state index is 0.0371. The summed E-state index contributed by atoms with van der Waals surface area (Å²) < 4.78 is 0. The van der Waals surface area contributed by atoms with Gasteiger partial charge < -0.3 is 49.1 Å². The molecule has 36 heavy (non-hydrogen) atoms. The van der Waals surface area contributed by atoms with Crippen LogP contribution < -0.4 is 38.9 Å². The van der Waals surface area contributed by atoms with E-state index >= 15 is 0 Å². The molecule has 0 spiro atoms. The molecule has 0 radical (unpaired) electrons. The smallest absolute Gasteiger partial charge is 0.326 e. The Morgan fingerprint density at radius 1 is 0.833 bits per heavy atom. The number of aliphatic carboxylic acids is 2. The number of aliphatic imine (C=N–C) groups is 1. The first kappa shape index (κ1) is 32.0. The van der Waals surface area contributed by atoms with E-state index in [1.54, 1.807) is 13.8 Å². The summed E-state index contributed by atoms with van der Waals surface area (Å²) in [6.07, 6.45) is -0.895. The third kappa shape index (κ3) is 13.1. The molecule has 0 fully saturated rings. The van der Waals surface area contributed by atoms with Crippen molar-refractivity contribution in [2.75, 3.05) is 6.54 Å². The van der Waals surface area contributed by atoms with E-state index < -0.39 is 72.1 Å². The van der Waals surface area contributed by atoms with Crippen LogP contribution in [0, 0.1) is 5.92 Å². The van der Waals surface area contributed by atoms with Crippen LogP contribution in [0.2, 0.25) is 0 Å². The number of primary amides is 1. The molecule has 0 aromatic heterocycles. The number of hydrogen-bond donors (Lipinski definition) is 9. The van der Waals surface area contributed by atoms with E-state index in [1.165, 1.54) is 0 Å². The maximum absolute atomic E-state index is 13.0. The van der Waals surface area contributed by atoms with Gasteiger partial charge in [0.1, 0.15) is 18.1 Å². The van der Waals surface area contributed by atoms with Crippen LogP contribution in [-0.2, 0) is 28.8 Å². The zero-order valence-electron chi connectivity index (χ0n) is 20.2. The maximum Gasteiger partial charge on any atom is 0.326 e. The van der Waals surface area contributed by atoms with Crippen molar-refractivity contribution in [1.82, 2.24) is 16.0 Å². The number of nitrogens with one attached hydrogen (secondary N) is 3. The summed E-state index contributed by atoms with van der Waals surface area (Å²) in [5.74, 6) is -6.76. The fourth-order valence-corrected chi connectivity index (χ4v) is 2.91. The number of guanidine groups is 1. The van der Waals surface area contributed by atoms with Crippen LogP contribution in [0.15, 0.2) is 4.99 Å². The molecule has 0 saturated heterocycles. The summed E-state index contributed by atoms with van der Waals surface area (Å²) in [4.78, 5) is 75.0. The third-order valence-electron chi connectivity index (χ3n) is 4.86. The lowest BCUT2D eigenvalue weighted by molar-refractivity contribution is -0.147. The number of carboxylic acid groups (broad SMARTS) is 2. The summed E-state index contributed by atoms with van der Waals surface area (Å²) in [5.41, 5.74) is 21.3. The standard InChI is InChI=1S/C20H36N8O8/c1-9(2)15(28-16(32)10(21)5-6-13(22)29)18(34)26-11(4-3-7-25-20(23)24)17(33)27-12(19(35)36)8-14(30)31/h9-12,15H,3-8,21H2,1-2H3,(H2,22,29)(H,26,34)(H,27,33)(H,28,32)(H,30,31)(H,35,36)(H4,23,24,25). The van der Waals surface area contributed by atoms with Crippen LogP contribution in [0.5, 0.6) is 0 Å². The van der Waals surface area contributed by atoms with E-state index in [9.17, 15) is 33.9 Å². The molecule has 0 saturated carbocycles. The van der Waals surface area contributed by atoms with Gasteiger partial charge in [0.05, 0.1) is 12.5 Å². The first-order chi connectivity index (χ1) is 16.6. The van der Waals surface area contributed by atoms with Gasteiger partial charge in [-0.05, 0) is 25.2 Å². The first-order valence-corrected chi connectivity index (χ1v) is 11.1. The average Bonchev–Trinajstić information content (AvgIpc) is 2.75. The highest BCUT2D eigenvalue weighted by Gasteiger charge is 2.32. The highest BCUT2D eigenvalue weighted by molar-refractivity contribution is 5.94. The predicted molar refractivity (Wildman–Crippen MR) is 127 cm³/mol. The van der Waals surface area contributed by atoms with E-state index in [2.05, 4.69) is 20.9 Å². The summed E-state index contributed by atoms with van der Waals surface area (Å²) in [5, 5.41) is 25.1. The average molecular weight is 517 g/mol. The molecule has 0 heterocycles. The molecule has 0 aliphatic rings. The number of carbonyl (C=O) groups is 6. The fourth-order valence-electron chi connectivity index (χ4n) is 2.91. The quantitative estimate of drug-likeness (QED) is 0.0514. The van der Waals surface area contributed by atoms with Crippen molar-refractivity contribution >= 4 is 41.5 Å². The number of nitrogens with zero attached hydrogens (tertiary/aromatic N) is 1. The Bertz CT molecular complexity index is 844. The SMILES string of the molecule is CC(C)C(NC(=O)C(N)CCC(N)=O)C(=O)NC(CCCN=C(N)N)C(=O)NC(CC(=O)O)C(=O)O. The topological polar surface area (TPSA) is 295 Å². The lowest BCUT2D eigenvalue weighted by atomic mass is 10.0. The number of hydrogen-bond acceptors (Lipinski definition) is 8. The van der Waals surface area contributed by atoms with E-state index in [0.717, 1.165) is 0 Å². The minimum atomic E-state index is -1.74. The molecular weight excluding hydrogens is 480 g/mol. The van der Waals surface area contributed by atoms with Gasteiger partial charge in [-0.3, -0.25) is 29.0 Å². The van der Waals surface area contributed by atoms with Gasteiger partial charge in [-0.1, -0.05) is 13.8 Å². The second kappa shape index (κ2) is 15.9. The molecule has 16 heteroatoms. The summed E-state index contributed by atoms with van der Waals surface area (Å²) in [7, 11) is 0. The number of rotatable bonds is 17. The number of carboxylic acids is 2. The van der Waals surface area contributed by atoms with Crippen molar-refractivity contribution in [3.05, 3.63) is 0 Å². The third-order valence-corrected chi connectivity index (χ3v) is 4.86. The number of nitrogens with two attached hydrogens (primary N) is 4. The van der Waals surface area contributed by atoms with Crippen molar-refractivity contribution in [3.8, 4) is 0 Å². The zero-order chi connectivity index (χ0) is 28.0. The molecule has 0 aliphatic heterocycles. The molecule has 0 aromatic rings. The maximum atomic E-state index is 13.0. The first-order valence-electron chi connectivity index (χ1n) is 11.1. The zero-order valence-corrected chi connectivity index (χ0v) is 20.2. The minimum Gasteiger partial charge on any atom is -0.481 e. The molecule has 4 unspecified atom stereocenters. The van der Waals surface area contributed by atoms with Crippen molar-refractivity contribution in [1.29, 1.82) is 0 Å². The molecular formula is C20H36N8O8. The molecule has 4 atom stereocenters. The molecule has 13 N–H and O–H groups in total. The number of amides is 4. The Kier molecular flexibility index (Phi) is 14.1. The largest absolute Gasteiger partial charge is 0.481 e. The van der Waals surface area contributed by atoms with Gasteiger partial charge in [-0.25, -0.2) is 4.79 Å². The van der Waals surface area contributed by atoms with Gasteiger partial charge in [0.15, 0.2) is 5.96 Å². The van der Waals surface area contributed by atoms with Crippen molar-refractivity contribution < 1.29 is 39.0 Å². The van der Waals surface area contributed by atoms with Crippen molar-refractivity contribution in [2.45, 2.75) is 70.1 Å². The second-order valence-electron chi connectivity index (χ2n) is 8.35. The molecule has 0 rings (SSSR count). The van der Waals surface area contributed by atoms with Gasteiger partial charge >= 0.3 is 11.9 Å². The normalized spacial score (nSPS) is 14.0. The van der Waals surface area contributed by atoms with Crippen LogP contribution in [0.4, 0.5) is 0 Å². The highest BCUT2D eigenvalue weighted by atomic mass is 16.4. The molecule has 4 amide bonds. The van der Waals surface area contributed by atoms with Crippen LogP contribution in [0.3, 0.4) is 0 Å². The molecule has 0 aromatic carbocycles. The van der Waals surface area contributed by atoms with Crippen LogP contribution in [0.1, 0.15) is 46.0 Å². The molecule has 0 aliphatic carbocycles. The van der Waals surface area contributed by atoms with Gasteiger partial charge in [0.2, 0.25) is 23.6 Å². The molecule has 204 valence electrons. The van der Waals surface area contributed by atoms with Crippen LogP contribution in [0.25, 0.3) is 0 Å². The van der Waals surface area contributed by atoms with Crippen molar-refractivity contribution in [3.63, 3.8) is 0 Å². The lowest BCUT2D eigenvalue weighted by Crippen LogP contribution is -2.58. The van der Waals surface area contributed by atoms with Gasteiger partial charge in [0.25, 0.3) is 0 Å². The molecule has 0 bridgehead atoms. The Morgan fingerprint density at radius 2 is 1.42 bits per heavy atom. The lowest BCUT2D eigenvalue weighted by Gasteiger charge is -2.27. The monoisotopic (exact) mass is 516 g/mol. The summed E-state index contributed by atoms with van der Waals surface area (Å²) >= 11 is 0. The second-order valence-corrected chi connectivity index (χ2v) is 8.35. The van der Waals surface area contributed by atoms with Gasteiger partial charge in [-0.2, -0.15) is 0 Å². The van der Waals surface area contributed by atoms with Crippen LogP contribution >= 0.6 is 0 Å². The van der Waals surface area contributed by atoms with Crippen LogP contribution in [-0.4, -0.2) is 82.5 Å². The predicted octanol–water partition coefficient (Wildman–Crippen LogP) is -3.70. The van der Waals surface area contributed by atoms with E-state index in [4.69, 9.17) is 28.0 Å².